The Morgan fingerprint density at radius 3 is 2.70 bits per heavy atom. The van der Waals surface area contributed by atoms with Crippen molar-refractivity contribution in [1.82, 2.24) is 9.97 Å². The molecule has 1 atom stereocenters. The Kier molecular flexibility index (Phi) is 5.76. The highest BCUT2D eigenvalue weighted by molar-refractivity contribution is 5.82. The lowest BCUT2D eigenvalue weighted by Gasteiger charge is -2.07. The first-order valence-corrected chi connectivity index (χ1v) is 8.74. The van der Waals surface area contributed by atoms with Gasteiger partial charge in [0.05, 0.1) is 29.0 Å². The van der Waals surface area contributed by atoms with Gasteiger partial charge in [-0.2, -0.15) is 4.39 Å². The zero-order valence-electron chi connectivity index (χ0n) is 14.9. The number of aliphatic hydroxyl groups excluding tert-OH is 1. The molecule has 0 saturated heterocycles. The smallest absolute Gasteiger partial charge is 0.200 e. The maximum Gasteiger partial charge on any atom is 0.200 e. The molecule has 0 spiro atoms. The average molecular weight is 370 g/mol. The van der Waals surface area contributed by atoms with Gasteiger partial charge in [-0.3, -0.25) is 4.98 Å². The van der Waals surface area contributed by atoms with Gasteiger partial charge in [-0.25, -0.2) is 9.37 Å². The fourth-order valence-corrected chi connectivity index (χ4v) is 2.77. The van der Waals surface area contributed by atoms with Crippen LogP contribution in [0.15, 0.2) is 42.6 Å². The average Bonchev–Trinajstić information content (AvgIpc) is 2.65. The van der Waals surface area contributed by atoms with Gasteiger partial charge in [0.15, 0.2) is 11.6 Å². The minimum absolute atomic E-state index is 0.0519. The molecule has 0 bridgehead atoms. The molecule has 0 amide bonds. The van der Waals surface area contributed by atoms with E-state index in [2.05, 4.69) is 9.97 Å². The number of phenolic OH excluding ortho intramolecular Hbond substituents is 1. The van der Waals surface area contributed by atoms with E-state index in [1.165, 1.54) is 6.07 Å². The Labute approximate surface area is 155 Å². The zero-order chi connectivity index (χ0) is 19.4. The third-order valence-corrected chi connectivity index (χ3v) is 4.22. The van der Waals surface area contributed by atoms with E-state index >= 15 is 0 Å². The van der Waals surface area contributed by atoms with Crippen molar-refractivity contribution in [2.75, 3.05) is 0 Å². The van der Waals surface area contributed by atoms with Crippen molar-refractivity contribution in [3.63, 3.8) is 0 Å². The van der Waals surface area contributed by atoms with E-state index in [9.17, 15) is 19.0 Å². The molecule has 2 N–H and O–H groups in total. The number of rotatable bonds is 6. The van der Waals surface area contributed by atoms with Gasteiger partial charge in [0.1, 0.15) is 0 Å². The first-order chi connectivity index (χ1) is 13.0. The Balaban J connectivity index is 1.81. The molecule has 2 aromatic carbocycles. The van der Waals surface area contributed by atoms with E-state index in [1.54, 1.807) is 31.3 Å². The Morgan fingerprint density at radius 2 is 1.93 bits per heavy atom. The summed E-state index contributed by atoms with van der Waals surface area (Å²) >= 11 is 0. The molecule has 0 aliphatic carbocycles. The number of hydrogen-bond donors (Lipinski definition) is 2. The Bertz CT molecular complexity index is 987. The molecule has 0 fully saturated rings. The molecule has 0 aliphatic rings. The number of benzene rings is 2. The largest absolute Gasteiger partial charge is 0.505 e. The third-order valence-electron chi connectivity index (χ3n) is 4.22. The lowest BCUT2D eigenvalue weighted by molar-refractivity contribution is 0.182. The number of aliphatic hydroxyl groups is 1. The molecule has 27 heavy (non-hydrogen) atoms. The number of hydrogen-bond acceptors (Lipinski definition) is 4. The second-order valence-corrected chi connectivity index (χ2v) is 6.44. The van der Waals surface area contributed by atoms with E-state index in [4.69, 9.17) is 0 Å². The molecule has 6 heteroatoms. The maximum absolute atomic E-state index is 14.1. The van der Waals surface area contributed by atoms with Gasteiger partial charge in [0, 0.05) is 5.56 Å². The molecule has 1 heterocycles. The number of aromatic nitrogens is 2. The number of unbranched alkanes of at least 4 members (excludes halogenated alkanes) is 1. The molecule has 3 aromatic rings. The van der Waals surface area contributed by atoms with Gasteiger partial charge < -0.3 is 10.2 Å². The fraction of sp³-hybridized carbons (Fsp3) is 0.238. The second-order valence-electron chi connectivity index (χ2n) is 6.44. The fourth-order valence-electron chi connectivity index (χ4n) is 2.77. The van der Waals surface area contributed by atoms with Gasteiger partial charge >= 0.3 is 0 Å². The molecule has 1 unspecified atom stereocenters. The summed E-state index contributed by atoms with van der Waals surface area (Å²) in [5.41, 5.74) is 2.41. The molecule has 3 rings (SSSR count). The van der Waals surface area contributed by atoms with Gasteiger partial charge in [-0.15, -0.1) is 0 Å². The lowest BCUT2D eigenvalue weighted by Crippen LogP contribution is -1.97. The summed E-state index contributed by atoms with van der Waals surface area (Å²) in [6, 6.07) is 7.42. The van der Waals surface area contributed by atoms with Crippen molar-refractivity contribution in [1.29, 1.82) is 0 Å². The van der Waals surface area contributed by atoms with E-state index < -0.39 is 17.4 Å². The number of fused-ring (bicyclic) bond motifs is 1. The van der Waals surface area contributed by atoms with Crippen LogP contribution in [0.1, 0.15) is 31.9 Å². The molecule has 0 radical (unpaired) electrons. The van der Waals surface area contributed by atoms with E-state index in [1.807, 2.05) is 12.2 Å². The van der Waals surface area contributed by atoms with Gasteiger partial charge in [-0.05, 0) is 62.1 Å². The number of nitrogens with zero attached hydrogens (tertiary/aromatic N) is 2. The van der Waals surface area contributed by atoms with Crippen LogP contribution in [-0.2, 0) is 0 Å². The monoisotopic (exact) mass is 370 g/mol. The highest BCUT2D eigenvalue weighted by atomic mass is 19.2. The van der Waals surface area contributed by atoms with Gasteiger partial charge in [-0.1, -0.05) is 12.1 Å². The number of aromatic hydroxyl groups is 1. The summed E-state index contributed by atoms with van der Waals surface area (Å²) in [6.07, 6.45) is 7.68. The normalized spacial score (nSPS) is 12.7. The van der Waals surface area contributed by atoms with E-state index in [0.717, 1.165) is 25.3 Å². The van der Waals surface area contributed by atoms with Crippen LogP contribution in [0.4, 0.5) is 8.78 Å². The Morgan fingerprint density at radius 1 is 1.11 bits per heavy atom. The first-order valence-electron chi connectivity index (χ1n) is 8.74. The van der Waals surface area contributed by atoms with Crippen LogP contribution in [0.5, 0.6) is 5.75 Å². The SMILES string of the molecule is CC(O)CCC/C=C/c1cnc2cc(-c3ccc(O)c(F)c3F)ccc2n1. The summed E-state index contributed by atoms with van der Waals surface area (Å²) in [5.74, 6) is -3.09. The number of halogens is 2. The first kappa shape index (κ1) is 18.9. The molecule has 1 aromatic heterocycles. The minimum Gasteiger partial charge on any atom is -0.505 e. The summed E-state index contributed by atoms with van der Waals surface area (Å²) in [7, 11) is 0. The van der Waals surface area contributed by atoms with Crippen LogP contribution >= 0.6 is 0 Å². The molecular formula is C21H20F2N2O2. The number of allylic oxidation sites excluding steroid dienone is 1. The van der Waals surface area contributed by atoms with Crippen molar-refractivity contribution in [3.8, 4) is 16.9 Å². The van der Waals surface area contributed by atoms with Gasteiger partial charge in [0.2, 0.25) is 5.82 Å². The maximum atomic E-state index is 14.1. The van der Waals surface area contributed by atoms with Gasteiger partial charge in [0.25, 0.3) is 0 Å². The zero-order valence-corrected chi connectivity index (χ0v) is 14.9. The summed E-state index contributed by atoms with van der Waals surface area (Å²) in [5, 5.41) is 18.5. The van der Waals surface area contributed by atoms with Crippen molar-refractivity contribution >= 4 is 17.1 Å². The molecule has 4 nitrogen and oxygen atoms in total. The van der Waals surface area contributed by atoms with E-state index in [0.29, 0.717) is 22.3 Å². The Hall–Kier alpha value is -2.86. The molecule has 140 valence electrons. The molecule has 0 aliphatic heterocycles. The molecular weight excluding hydrogens is 350 g/mol. The molecule has 0 saturated carbocycles. The van der Waals surface area contributed by atoms with E-state index in [-0.39, 0.29) is 11.7 Å². The van der Waals surface area contributed by atoms with Crippen LogP contribution in [0.3, 0.4) is 0 Å². The van der Waals surface area contributed by atoms with Crippen molar-refractivity contribution in [2.24, 2.45) is 0 Å². The second kappa shape index (κ2) is 8.22. The van der Waals surface area contributed by atoms with Crippen molar-refractivity contribution < 1.29 is 19.0 Å². The minimum atomic E-state index is -1.27. The quantitative estimate of drug-likeness (QED) is 0.609. The van der Waals surface area contributed by atoms with Crippen LogP contribution in [0, 0.1) is 11.6 Å². The van der Waals surface area contributed by atoms with Crippen molar-refractivity contribution in [3.05, 3.63) is 59.9 Å². The lowest BCUT2D eigenvalue weighted by atomic mass is 10.0. The topological polar surface area (TPSA) is 66.2 Å². The predicted molar refractivity (Wildman–Crippen MR) is 101 cm³/mol. The highest BCUT2D eigenvalue weighted by Crippen LogP contribution is 2.30. The summed E-state index contributed by atoms with van der Waals surface area (Å²) in [6.45, 7) is 1.77. The van der Waals surface area contributed by atoms with Crippen LogP contribution in [0.2, 0.25) is 0 Å². The summed E-state index contributed by atoms with van der Waals surface area (Å²) in [4.78, 5) is 8.84. The summed E-state index contributed by atoms with van der Waals surface area (Å²) < 4.78 is 27.7. The number of phenols is 1. The van der Waals surface area contributed by atoms with Crippen LogP contribution < -0.4 is 0 Å². The highest BCUT2D eigenvalue weighted by Gasteiger charge is 2.14. The van der Waals surface area contributed by atoms with Crippen LogP contribution in [0.25, 0.3) is 28.2 Å². The van der Waals surface area contributed by atoms with Crippen LogP contribution in [-0.4, -0.2) is 26.3 Å². The third kappa shape index (κ3) is 4.46. The van der Waals surface area contributed by atoms with Crippen molar-refractivity contribution in [2.45, 2.75) is 32.3 Å². The standard InChI is InChI=1S/C21H20F2N2O2/c1-13(26)5-3-2-4-6-15-12-24-18-11-14(7-9-17(18)25-15)16-8-10-19(27)21(23)20(16)22/h4,6-13,26-27H,2-3,5H2,1H3/b6-4+. The predicted octanol–water partition coefficient (Wildman–Crippen LogP) is 4.84.